The first kappa shape index (κ1) is 28.9. The first-order valence-electron chi connectivity index (χ1n) is 8.36. The van der Waals surface area contributed by atoms with Crippen LogP contribution in [0.2, 0.25) is 0 Å². The lowest BCUT2D eigenvalue weighted by molar-refractivity contribution is -0.157. The molecule has 6 N–H and O–H groups in total. The molecule has 0 amide bonds. The Bertz CT molecular complexity index is 1120. The number of aliphatic hydroxyl groups excluding tert-OH is 2. The second-order valence-electron chi connectivity index (χ2n) is 6.36. The van der Waals surface area contributed by atoms with Crippen LogP contribution in [0, 0.1) is 0 Å². The summed E-state index contributed by atoms with van der Waals surface area (Å²) in [5.74, 6) is 0. The quantitative estimate of drug-likeness (QED) is 0.121. The van der Waals surface area contributed by atoms with Gasteiger partial charge in [-0.15, -0.1) is 9.20 Å². The van der Waals surface area contributed by atoms with Gasteiger partial charge in [-0.05, 0) is 4.31 Å². The van der Waals surface area contributed by atoms with Gasteiger partial charge in [0, 0.05) is 10.8 Å². The maximum atomic E-state index is 12.6. The molecule has 0 aromatic carbocycles. The first-order valence-corrected chi connectivity index (χ1v) is 12.5. The SMILES string of the molecule is O=c1[nH]c(=O)n(CC(F)(F)F)cc1[C@@H]1O[C@H](CO[P+](=O)OP(=O)(O)OP(=O)(O)OO)[C@@H](O)[C@H]1O. The third-order valence-electron chi connectivity index (χ3n) is 3.88. The smallest absolute Gasteiger partial charge is 0.387 e. The number of nitrogens with zero attached hydrogens (tertiary/aromatic N) is 1. The Labute approximate surface area is 185 Å². The summed E-state index contributed by atoms with van der Waals surface area (Å²) in [6.07, 6.45) is -11.7. The second kappa shape index (κ2) is 10.7. The lowest BCUT2D eigenvalue weighted by Crippen LogP contribution is -2.38. The van der Waals surface area contributed by atoms with Gasteiger partial charge in [-0.1, -0.05) is 0 Å². The number of H-pyrrole nitrogens is 1. The summed E-state index contributed by atoms with van der Waals surface area (Å²) in [5.41, 5.74) is -3.34. The van der Waals surface area contributed by atoms with E-state index in [-0.39, 0.29) is 4.57 Å². The number of hydrogen-bond acceptors (Lipinski definition) is 13. The van der Waals surface area contributed by atoms with E-state index in [9.17, 15) is 46.7 Å². The van der Waals surface area contributed by atoms with Crippen LogP contribution in [0.25, 0.3) is 0 Å². The number of aromatic amines is 1. The largest absolute Gasteiger partial charge is 0.708 e. The van der Waals surface area contributed by atoms with Crippen LogP contribution in [0.4, 0.5) is 13.2 Å². The van der Waals surface area contributed by atoms with E-state index in [4.69, 9.17) is 19.8 Å². The molecule has 0 aliphatic carbocycles. The first-order chi connectivity index (χ1) is 15.4. The van der Waals surface area contributed by atoms with E-state index in [0.29, 0.717) is 6.20 Å². The number of rotatable bonds is 10. The van der Waals surface area contributed by atoms with Gasteiger partial charge in [-0.3, -0.25) is 19.2 Å². The zero-order valence-corrected chi connectivity index (χ0v) is 18.7. The summed E-state index contributed by atoms with van der Waals surface area (Å²) in [4.78, 5) is 43.0. The molecular formula is C11H15F3N2O15P3+. The fraction of sp³-hybridized carbons (Fsp3) is 0.636. The van der Waals surface area contributed by atoms with Gasteiger partial charge in [0.05, 0.1) is 5.56 Å². The minimum absolute atomic E-state index is 0.0719. The van der Waals surface area contributed by atoms with Crippen molar-refractivity contribution in [3.63, 3.8) is 0 Å². The summed E-state index contributed by atoms with van der Waals surface area (Å²) >= 11 is 0. The highest BCUT2D eigenvalue weighted by Gasteiger charge is 2.48. The number of phosphoric acid groups is 2. The molecule has 0 spiro atoms. The molecule has 0 radical (unpaired) electrons. The monoisotopic (exact) mass is 565 g/mol. The molecule has 1 aromatic rings. The Hall–Kier alpha value is -1.37. The van der Waals surface area contributed by atoms with E-state index in [2.05, 4.69) is 17.8 Å². The molecule has 1 aromatic heterocycles. The Morgan fingerprint density at radius 2 is 1.79 bits per heavy atom. The molecular weight excluding hydrogens is 550 g/mol. The molecule has 3 unspecified atom stereocenters. The average Bonchev–Trinajstić information content (AvgIpc) is 2.94. The van der Waals surface area contributed by atoms with E-state index < -0.39 is 84.5 Å². The summed E-state index contributed by atoms with van der Waals surface area (Å²) in [7, 11) is -14.7. The van der Waals surface area contributed by atoms with E-state index in [1.165, 1.54) is 0 Å². The molecule has 0 saturated carbocycles. The summed E-state index contributed by atoms with van der Waals surface area (Å²) in [6, 6.07) is 0. The third kappa shape index (κ3) is 7.82. The van der Waals surface area contributed by atoms with Crippen LogP contribution in [0.15, 0.2) is 15.8 Å². The molecule has 7 atom stereocenters. The lowest BCUT2D eigenvalue weighted by atomic mass is 10.0. The Morgan fingerprint density at radius 1 is 1.18 bits per heavy atom. The van der Waals surface area contributed by atoms with Gasteiger partial charge in [0.1, 0.15) is 37.6 Å². The van der Waals surface area contributed by atoms with Crippen molar-refractivity contribution in [3.05, 3.63) is 32.6 Å². The fourth-order valence-corrected chi connectivity index (χ4v) is 5.27. The molecule has 1 saturated heterocycles. The van der Waals surface area contributed by atoms with Crippen molar-refractivity contribution in [3.8, 4) is 0 Å². The van der Waals surface area contributed by atoms with Gasteiger partial charge in [0.15, 0.2) is 0 Å². The Balaban J connectivity index is 2.10. The summed E-state index contributed by atoms with van der Waals surface area (Å²) in [5, 5.41) is 28.2. The average molecular weight is 565 g/mol. The summed E-state index contributed by atoms with van der Waals surface area (Å²) in [6.45, 7) is -2.78. The minimum Gasteiger partial charge on any atom is -0.387 e. The Morgan fingerprint density at radius 3 is 2.35 bits per heavy atom. The number of nitrogens with one attached hydrogen (secondary N) is 1. The van der Waals surface area contributed by atoms with Gasteiger partial charge in [0.2, 0.25) is 0 Å². The van der Waals surface area contributed by atoms with Gasteiger partial charge in [-0.25, -0.2) is 19.2 Å². The molecule has 17 nitrogen and oxygen atoms in total. The molecule has 23 heteroatoms. The normalized spacial score (nSPS) is 27.2. The zero-order valence-electron chi connectivity index (χ0n) is 16.0. The third-order valence-corrected chi connectivity index (χ3v) is 7.46. The van der Waals surface area contributed by atoms with Crippen molar-refractivity contribution in [1.29, 1.82) is 0 Å². The van der Waals surface area contributed by atoms with Gasteiger partial charge < -0.3 is 19.8 Å². The summed E-state index contributed by atoms with van der Waals surface area (Å²) < 4.78 is 91.6. The highest BCUT2D eigenvalue weighted by atomic mass is 31.3. The number of ether oxygens (including phenoxy) is 1. The van der Waals surface area contributed by atoms with E-state index in [1.54, 1.807) is 4.98 Å². The molecule has 2 heterocycles. The fourth-order valence-electron chi connectivity index (χ4n) is 2.59. The van der Waals surface area contributed by atoms with Crippen LogP contribution in [0.1, 0.15) is 11.7 Å². The van der Waals surface area contributed by atoms with E-state index >= 15 is 0 Å². The molecule has 0 bridgehead atoms. The Kier molecular flexibility index (Phi) is 9.10. The van der Waals surface area contributed by atoms with E-state index in [0.717, 1.165) is 0 Å². The number of aromatic nitrogens is 2. The van der Waals surface area contributed by atoms with Gasteiger partial charge in [-0.2, -0.15) is 17.5 Å². The maximum Gasteiger partial charge on any atom is 0.708 e. The van der Waals surface area contributed by atoms with Crippen molar-refractivity contribution in [2.24, 2.45) is 0 Å². The number of aliphatic hydroxyl groups is 2. The lowest BCUT2D eigenvalue weighted by Gasteiger charge is -2.16. The highest BCUT2D eigenvalue weighted by Crippen LogP contribution is 2.63. The predicted molar refractivity (Wildman–Crippen MR) is 96.1 cm³/mol. The van der Waals surface area contributed by atoms with Crippen molar-refractivity contribution in [1.82, 2.24) is 9.55 Å². The van der Waals surface area contributed by atoms with Crippen LogP contribution in [0.5, 0.6) is 0 Å². The minimum atomic E-state index is -5.60. The molecule has 1 fully saturated rings. The number of halogens is 3. The predicted octanol–water partition coefficient (Wildman–Crippen LogP) is -0.342. The standard InChI is InChI=1S/C11H14F3N2O15P3/c12-11(13,14)3-16-1-4(9(19)15-10(16)20)8-7(18)6(17)5(28-8)2-27-32(22)30-34(25,26)31-33(23,24)29-21/h1,5-8,17-18H,2-3H2,(H3-,15,19,20,21,23,24,25,26)/p+1/t5-,6-,7-,8+/m1/s1. The molecule has 34 heavy (non-hydrogen) atoms. The van der Waals surface area contributed by atoms with Crippen molar-refractivity contribution in [2.45, 2.75) is 37.1 Å². The van der Waals surface area contributed by atoms with Crippen LogP contribution < -0.4 is 11.2 Å². The van der Waals surface area contributed by atoms with Crippen molar-refractivity contribution >= 4 is 23.9 Å². The second-order valence-corrected chi connectivity index (χ2v) is 10.4. The molecule has 1 aliphatic rings. The van der Waals surface area contributed by atoms with Crippen molar-refractivity contribution in [2.75, 3.05) is 6.61 Å². The maximum absolute atomic E-state index is 12.6. The topological polar surface area (TPSA) is 253 Å². The van der Waals surface area contributed by atoms with Crippen LogP contribution in [0.3, 0.4) is 0 Å². The van der Waals surface area contributed by atoms with Crippen LogP contribution in [-0.4, -0.2) is 65.9 Å². The highest BCUT2D eigenvalue weighted by molar-refractivity contribution is 7.64. The zero-order chi connectivity index (χ0) is 26.1. The molecule has 2 rings (SSSR count). The van der Waals surface area contributed by atoms with Gasteiger partial charge in [0.25, 0.3) is 5.56 Å². The van der Waals surface area contributed by atoms with E-state index in [1.807, 2.05) is 0 Å². The molecule has 194 valence electrons. The molecule has 1 aliphatic heterocycles. The van der Waals surface area contributed by atoms with Gasteiger partial charge >= 0.3 is 35.8 Å². The number of alkyl halides is 3. The van der Waals surface area contributed by atoms with Crippen LogP contribution in [-0.2, 0) is 42.8 Å². The number of hydrogen-bond donors (Lipinski definition) is 6. The van der Waals surface area contributed by atoms with Crippen LogP contribution >= 0.6 is 23.9 Å². The van der Waals surface area contributed by atoms with Crippen molar-refractivity contribution < 1.29 is 74.7 Å².